The SMILES string of the molecule is COc1ccc(-c2ccc(C(=O)N(C)C(C)CN)c(F)c2)cc1.Cl. The van der Waals surface area contributed by atoms with Crippen molar-refractivity contribution >= 4 is 18.3 Å². The van der Waals surface area contributed by atoms with Crippen LogP contribution in [0, 0.1) is 5.82 Å². The molecule has 0 bridgehead atoms. The first-order valence-corrected chi connectivity index (χ1v) is 7.39. The molecule has 2 aromatic carbocycles. The summed E-state index contributed by atoms with van der Waals surface area (Å²) in [5.41, 5.74) is 7.16. The standard InChI is InChI=1S/C18H21FN2O2.ClH/c1-12(11-20)21(2)18(22)16-9-6-14(10-17(16)19)13-4-7-15(23-3)8-5-13;/h4-10,12H,11,20H2,1-3H3;1H. The fraction of sp³-hybridized carbons (Fsp3) is 0.278. The Morgan fingerprint density at radius 1 is 1.21 bits per heavy atom. The molecule has 0 saturated carbocycles. The Morgan fingerprint density at radius 2 is 1.79 bits per heavy atom. The summed E-state index contributed by atoms with van der Waals surface area (Å²) < 4.78 is 19.5. The van der Waals surface area contributed by atoms with Crippen LogP contribution in [0.5, 0.6) is 5.75 Å². The molecule has 2 N–H and O–H groups in total. The van der Waals surface area contributed by atoms with Crippen LogP contribution in [0.1, 0.15) is 17.3 Å². The van der Waals surface area contributed by atoms with Crippen molar-refractivity contribution in [2.45, 2.75) is 13.0 Å². The van der Waals surface area contributed by atoms with Crippen molar-refractivity contribution in [2.24, 2.45) is 5.73 Å². The predicted molar refractivity (Wildman–Crippen MR) is 96.2 cm³/mol. The highest BCUT2D eigenvalue weighted by Crippen LogP contribution is 2.25. The molecular weight excluding hydrogens is 331 g/mol. The molecule has 0 aromatic heterocycles. The van der Waals surface area contributed by atoms with E-state index >= 15 is 0 Å². The lowest BCUT2D eigenvalue weighted by atomic mass is 10.0. The number of hydrogen-bond acceptors (Lipinski definition) is 3. The summed E-state index contributed by atoms with van der Waals surface area (Å²) in [5, 5.41) is 0. The summed E-state index contributed by atoms with van der Waals surface area (Å²) in [6.07, 6.45) is 0. The van der Waals surface area contributed by atoms with E-state index in [1.165, 1.54) is 17.0 Å². The van der Waals surface area contributed by atoms with Crippen molar-refractivity contribution < 1.29 is 13.9 Å². The molecule has 1 atom stereocenters. The molecule has 4 nitrogen and oxygen atoms in total. The van der Waals surface area contributed by atoms with Gasteiger partial charge < -0.3 is 15.4 Å². The Hall–Kier alpha value is -2.11. The van der Waals surface area contributed by atoms with E-state index in [1.807, 2.05) is 31.2 Å². The van der Waals surface area contributed by atoms with Crippen LogP contribution in [0.3, 0.4) is 0 Å². The maximum absolute atomic E-state index is 14.4. The van der Waals surface area contributed by atoms with Crippen molar-refractivity contribution in [3.8, 4) is 16.9 Å². The van der Waals surface area contributed by atoms with E-state index in [0.29, 0.717) is 12.1 Å². The summed E-state index contributed by atoms with van der Waals surface area (Å²) >= 11 is 0. The fourth-order valence-corrected chi connectivity index (χ4v) is 2.20. The molecular formula is C18H22ClFN2O2. The zero-order valence-corrected chi connectivity index (χ0v) is 14.8. The molecule has 0 spiro atoms. The van der Waals surface area contributed by atoms with Gasteiger partial charge >= 0.3 is 0 Å². The summed E-state index contributed by atoms with van der Waals surface area (Å²) in [6.45, 7) is 2.15. The van der Waals surface area contributed by atoms with Gasteiger partial charge in [0.05, 0.1) is 12.7 Å². The lowest BCUT2D eigenvalue weighted by Crippen LogP contribution is -2.40. The van der Waals surface area contributed by atoms with Gasteiger partial charge in [-0.1, -0.05) is 18.2 Å². The number of likely N-dealkylation sites (N-methyl/N-ethyl adjacent to an activating group) is 1. The molecule has 130 valence electrons. The first-order valence-electron chi connectivity index (χ1n) is 7.39. The van der Waals surface area contributed by atoms with Crippen LogP contribution < -0.4 is 10.5 Å². The highest BCUT2D eigenvalue weighted by molar-refractivity contribution is 5.95. The summed E-state index contributed by atoms with van der Waals surface area (Å²) in [6, 6.07) is 11.8. The van der Waals surface area contributed by atoms with Crippen LogP contribution in [-0.2, 0) is 0 Å². The second kappa shape index (κ2) is 8.66. The normalized spacial score (nSPS) is 11.4. The molecule has 0 aliphatic rings. The van der Waals surface area contributed by atoms with Crippen molar-refractivity contribution in [3.63, 3.8) is 0 Å². The Labute approximate surface area is 147 Å². The zero-order chi connectivity index (χ0) is 17.0. The number of methoxy groups -OCH3 is 1. The Kier molecular flexibility index (Phi) is 7.19. The monoisotopic (exact) mass is 352 g/mol. The van der Waals surface area contributed by atoms with Gasteiger partial charge in [0.2, 0.25) is 0 Å². The molecule has 24 heavy (non-hydrogen) atoms. The van der Waals surface area contributed by atoms with Crippen LogP contribution >= 0.6 is 12.4 Å². The number of rotatable bonds is 5. The van der Waals surface area contributed by atoms with E-state index in [4.69, 9.17) is 10.5 Å². The minimum absolute atomic E-state index is 0. The van der Waals surface area contributed by atoms with Crippen molar-refractivity contribution in [1.82, 2.24) is 4.90 Å². The average molecular weight is 353 g/mol. The van der Waals surface area contributed by atoms with E-state index in [-0.39, 0.29) is 29.9 Å². The number of ether oxygens (including phenoxy) is 1. The van der Waals surface area contributed by atoms with E-state index < -0.39 is 5.82 Å². The maximum atomic E-state index is 14.4. The lowest BCUT2D eigenvalue weighted by Gasteiger charge is -2.24. The molecule has 0 saturated heterocycles. The van der Waals surface area contributed by atoms with E-state index in [1.54, 1.807) is 20.2 Å². The van der Waals surface area contributed by atoms with Crippen LogP contribution in [0.4, 0.5) is 4.39 Å². The van der Waals surface area contributed by atoms with Crippen LogP contribution in [0.25, 0.3) is 11.1 Å². The average Bonchev–Trinajstić information content (AvgIpc) is 2.59. The van der Waals surface area contributed by atoms with E-state index in [9.17, 15) is 9.18 Å². The number of carbonyl (C=O) groups is 1. The van der Waals surface area contributed by atoms with Crippen LogP contribution in [0.15, 0.2) is 42.5 Å². The minimum atomic E-state index is -0.542. The van der Waals surface area contributed by atoms with Crippen LogP contribution in [-0.4, -0.2) is 37.6 Å². The molecule has 0 aliphatic heterocycles. The molecule has 2 rings (SSSR count). The van der Waals surface area contributed by atoms with Gasteiger partial charge in [0, 0.05) is 19.6 Å². The third-order valence-electron chi connectivity index (χ3n) is 3.95. The molecule has 2 aromatic rings. The number of nitrogens with zero attached hydrogens (tertiary/aromatic N) is 1. The third-order valence-corrected chi connectivity index (χ3v) is 3.95. The number of hydrogen-bond donors (Lipinski definition) is 1. The number of nitrogens with two attached hydrogens (primary N) is 1. The number of carbonyl (C=O) groups excluding carboxylic acids is 1. The van der Waals surface area contributed by atoms with Gasteiger partial charge in [-0.25, -0.2) is 4.39 Å². The molecule has 0 aliphatic carbocycles. The molecule has 0 heterocycles. The molecule has 0 fully saturated rings. The topological polar surface area (TPSA) is 55.6 Å². The molecule has 1 amide bonds. The van der Waals surface area contributed by atoms with E-state index in [0.717, 1.165) is 11.3 Å². The first kappa shape index (κ1) is 19.9. The molecule has 6 heteroatoms. The first-order chi connectivity index (χ1) is 11.0. The van der Waals surface area contributed by atoms with Crippen molar-refractivity contribution in [2.75, 3.05) is 20.7 Å². The second-order valence-electron chi connectivity index (χ2n) is 5.42. The predicted octanol–water partition coefficient (Wildman–Crippen LogP) is 3.34. The van der Waals surface area contributed by atoms with Gasteiger partial charge in [0.1, 0.15) is 11.6 Å². The van der Waals surface area contributed by atoms with Gasteiger partial charge in [-0.2, -0.15) is 0 Å². The Bertz CT molecular complexity index is 692. The molecule has 0 radical (unpaired) electrons. The van der Waals surface area contributed by atoms with Gasteiger partial charge in [-0.05, 0) is 42.3 Å². The zero-order valence-electron chi connectivity index (χ0n) is 14.0. The maximum Gasteiger partial charge on any atom is 0.256 e. The lowest BCUT2D eigenvalue weighted by molar-refractivity contribution is 0.0743. The highest BCUT2D eigenvalue weighted by atomic mass is 35.5. The summed E-state index contributed by atoms with van der Waals surface area (Å²) in [5.74, 6) is -0.181. The van der Waals surface area contributed by atoms with E-state index in [2.05, 4.69) is 0 Å². The van der Waals surface area contributed by atoms with Gasteiger partial charge in [0.25, 0.3) is 5.91 Å². The number of halogens is 2. The van der Waals surface area contributed by atoms with Gasteiger partial charge in [-0.3, -0.25) is 4.79 Å². The highest BCUT2D eigenvalue weighted by Gasteiger charge is 2.20. The number of amides is 1. The number of benzene rings is 2. The van der Waals surface area contributed by atoms with Gasteiger partial charge in [-0.15, -0.1) is 12.4 Å². The summed E-state index contributed by atoms with van der Waals surface area (Å²) in [4.78, 5) is 13.8. The fourth-order valence-electron chi connectivity index (χ4n) is 2.20. The Balaban J connectivity index is 0.00000288. The van der Waals surface area contributed by atoms with Gasteiger partial charge in [0.15, 0.2) is 0 Å². The summed E-state index contributed by atoms with van der Waals surface area (Å²) in [7, 11) is 3.21. The second-order valence-corrected chi connectivity index (χ2v) is 5.42. The quantitative estimate of drug-likeness (QED) is 0.897. The minimum Gasteiger partial charge on any atom is -0.497 e. The molecule has 1 unspecified atom stereocenters. The Morgan fingerprint density at radius 3 is 2.29 bits per heavy atom. The van der Waals surface area contributed by atoms with Crippen molar-refractivity contribution in [3.05, 3.63) is 53.8 Å². The smallest absolute Gasteiger partial charge is 0.256 e. The largest absolute Gasteiger partial charge is 0.497 e. The van der Waals surface area contributed by atoms with Crippen molar-refractivity contribution in [1.29, 1.82) is 0 Å². The third kappa shape index (κ3) is 4.24. The van der Waals surface area contributed by atoms with Crippen LogP contribution in [0.2, 0.25) is 0 Å².